The number of halogens is 4. The summed E-state index contributed by atoms with van der Waals surface area (Å²) in [6.45, 7) is 6.28. The maximum absolute atomic E-state index is 13.6. The van der Waals surface area contributed by atoms with Gasteiger partial charge >= 0.3 is 6.36 Å². The lowest BCUT2D eigenvalue weighted by Crippen LogP contribution is -2.48. The van der Waals surface area contributed by atoms with Gasteiger partial charge < -0.3 is 24.4 Å². The van der Waals surface area contributed by atoms with Gasteiger partial charge in [0, 0.05) is 93.8 Å². The van der Waals surface area contributed by atoms with Crippen LogP contribution in [0.5, 0.6) is 5.75 Å². The Labute approximate surface area is 317 Å². The smallest absolute Gasteiger partial charge is 0.405 e. The third-order valence-corrected chi connectivity index (χ3v) is 11.4. The van der Waals surface area contributed by atoms with Crippen LogP contribution in [0.25, 0.3) is 11.1 Å². The number of rotatable bonds is 9. The number of nitrogens with one attached hydrogen (secondary N) is 2. The van der Waals surface area contributed by atoms with Crippen LogP contribution < -0.4 is 25.8 Å². The lowest BCUT2D eigenvalue weighted by molar-refractivity contribution is -0.275. The molecule has 3 fully saturated rings. The molecule has 15 heteroatoms. The average molecular weight is 771 g/mol. The number of hydrogen-bond donors (Lipinski definition) is 2. The van der Waals surface area contributed by atoms with E-state index < -0.39 is 12.4 Å². The molecule has 3 amide bonds. The molecule has 11 nitrogen and oxygen atoms in total. The SMILES string of the molecule is Cc1c(-c2ccc(CN3CCC(N(C)C(=O)C4CCN(c5ccc(NC6CCC(=O)NC6=O)cc5Cl)CC4)CC3)c(OC(F)(F)F)c2)cn(C)c(=O)c1C. The predicted molar refractivity (Wildman–Crippen MR) is 201 cm³/mol. The zero-order valence-electron chi connectivity index (χ0n) is 30.9. The van der Waals surface area contributed by atoms with Crippen LogP contribution in [0.3, 0.4) is 0 Å². The number of ether oxygens (including phenoxy) is 1. The van der Waals surface area contributed by atoms with Gasteiger partial charge in [-0.05, 0) is 81.3 Å². The molecule has 3 saturated heterocycles. The third kappa shape index (κ3) is 8.86. The number of imide groups is 1. The molecule has 4 heterocycles. The number of anilines is 2. The first-order valence-electron chi connectivity index (χ1n) is 18.3. The van der Waals surface area contributed by atoms with E-state index in [1.54, 1.807) is 45.3 Å². The van der Waals surface area contributed by atoms with Gasteiger partial charge in [-0.3, -0.25) is 29.4 Å². The first kappa shape index (κ1) is 39.1. The number of carbonyl (C=O) groups is 3. The largest absolute Gasteiger partial charge is 0.573 e. The van der Waals surface area contributed by atoms with E-state index in [0.29, 0.717) is 96.8 Å². The normalized spacial score (nSPS) is 19.1. The van der Waals surface area contributed by atoms with Gasteiger partial charge in [-0.15, -0.1) is 13.2 Å². The molecule has 0 saturated carbocycles. The molecule has 2 aromatic carbocycles. The second-order valence-corrected chi connectivity index (χ2v) is 15.0. The molecular formula is C39H46ClF3N6O5. The van der Waals surface area contributed by atoms with Gasteiger partial charge in [0.05, 0.1) is 10.7 Å². The minimum Gasteiger partial charge on any atom is -0.405 e. The number of nitrogens with zero attached hydrogens (tertiary/aromatic N) is 4. The van der Waals surface area contributed by atoms with Crippen molar-refractivity contribution in [1.29, 1.82) is 0 Å². The molecule has 290 valence electrons. The fourth-order valence-electron chi connectivity index (χ4n) is 7.77. The highest BCUT2D eigenvalue weighted by atomic mass is 35.5. The van der Waals surface area contributed by atoms with E-state index >= 15 is 0 Å². The maximum Gasteiger partial charge on any atom is 0.573 e. The summed E-state index contributed by atoms with van der Waals surface area (Å²) in [5.41, 5.74) is 4.21. The second kappa shape index (κ2) is 16.0. The Morgan fingerprint density at radius 2 is 1.69 bits per heavy atom. The number of piperidine rings is 3. The van der Waals surface area contributed by atoms with Gasteiger partial charge in [0.15, 0.2) is 0 Å². The summed E-state index contributed by atoms with van der Waals surface area (Å²) in [5, 5.41) is 6.02. The Bertz CT molecular complexity index is 1970. The van der Waals surface area contributed by atoms with Crippen LogP contribution in [-0.2, 0) is 28.0 Å². The van der Waals surface area contributed by atoms with E-state index in [9.17, 15) is 32.3 Å². The monoisotopic (exact) mass is 770 g/mol. The van der Waals surface area contributed by atoms with E-state index in [1.165, 1.54) is 10.6 Å². The van der Waals surface area contributed by atoms with E-state index in [4.69, 9.17) is 11.6 Å². The molecule has 1 atom stereocenters. The number of pyridine rings is 1. The number of benzene rings is 2. The van der Waals surface area contributed by atoms with Gasteiger partial charge in [-0.25, -0.2) is 0 Å². The summed E-state index contributed by atoms with van der Waals surface area (Å²) in [7, 11) is 3.46. The molecule has 3 aromatic rings. The fraction of sp³-hybridized carbons (Fsp3) is 0.487. The van der Waals surface area contributed by atoms with E-state index in [-0.39, 0.29) is 54.0 Å². The van der Waals surface area contributed by atoms with Crippen molar-refractivity contribution < 1.29 is 32.3 Å². The molecule has 6 rings (SSSR count). The zero-order valence-corrected chi connectivity index (χ0v) is 31.6. The van der Waals surface area contributed by atoms with Crippen molar-refractivity contribution in [3.8, 4) is 16.9 Å². The molecule has 0 aliphatic carbocycles. The molecule has 54 heavy (non-hydrogen) atoms. The van der Waals surface area contributed by atoms with Gasteiger partial charge in [0.25, 0.3) is 5.56 Å². The summed E-state index contributed by atoms with van der Waals surface area (Å²) in [5.74, 6) is -0.924. The molecular weight excluding hydrogens is 725 g/mol. The van der Waals surface area contributed by atoms with Crippen LogP contribution in [0.4, 0.5) is 24.5 Å². The molecule has 2 N–H and O–H groups in total. The summed E-state index contributed by atoms with van der Waals surface area (Å²) >= 11 is 6.66. The number of alkyl halides is 3. The van der Waals surface area contributed by atoms with E-state index in [2.05, 4.69) is 25.2 Å². The van der Waals surface area contributed by atoms with Crippen molar-refractivity contribution >= 4 is 40.7 Å². The number of amides is 3. The first-order valence-corrected chi connectivity index (χ1v) is 18.7. The molecule has 1 unspecified atom stereocenters. The Balaban J connectivity index is 1.02. The van der Waals surface area contributed by atoms with Crippen molar-refractivity contribution in [1.82, 2.24) is 19.7 Å². The van der Waals surface area contributed by atoms with Crippen LogP contribution in [0, 0.1) is 19.8 Å². The fourth-order valence-corrected chi connectivity index (χ4v) is 8.07. The number of likely N-dealkylation sites (tertiary alicyclic amines) is 1. The molecule has 3 aliphatic heterocycles. The van der Waals surface area contributed by atoms with Gasteiger partial charge in [0.1, 0.15) is 11.8 Å². The van der Waals surface area contributed by atoms with Crippen LogP contribution in [0.15, 0.2) is 47.4 Å². The number of aryl methyl sites for hydroxylation is 1. The Morgan fingerprint density at radius 3 is 2.33 bits per heavy atom. The standard InChI is InChI=1S/C39H46ClF3N6O5/c1-23-24(2)37(52)46(3)22-30(23)26-5-6-27(34(19-26)54-39(41,42)43)21-48-15-13-29(14-16-48)47(4)38(53)25-11-17-49(18-12-25)33-9-7-28(20-31(33)40)44-32-8-10-35(50)45-36(32)51/h5-7,9,19-20,22,25,29,32,44H,8,10-18,21H2,1-4H3,(H,45,50,51). The molecule has 3 aliphatic rings. The molecule has 0 bridgehead atoms. The van der Waals surface area contributed by atoms with Crippen LogP contribution in [0.1, 0.15) is 55.2 Å². The van der Waals surface area contributed by atoms with E-state index in [0.717, 1.165) is 5.69 Å². The number of hydrogen-bond acceptors (Lipinski definition) is 8. The van der Waals surface area contributed by atoms with Crippen molar-refractivity contribution in [2.75, 3.05) is 43.4 Å². The minimum absolute atomic E-state index is 0.0230. The van der Waals surface area contributed by atoms with Crippen molar-refractivity contribution in [3.63, 3.8) is 0 Å². The Hall–Kier alpha value is -4.56. The molecule has 0 radical (unpaired) electrons. The highest BCUT2D eigenvalue weighted by molar-refractivity contribution is 6.33. The third-order valence-electron chi connectivity index (χ3n) is 11.1. The highest BCUT2D eigenvalue weighted by Gasteiger charge is 2.35. The van der Waals surface area contributed by atoms with Gasteiger partial charge in [0.2, 0.25) is 17.7 Å². The van der Waals surface area contributed by atoms with Crippen LogP contribution in [0.2, 0.25) is 5.02 Å². The van der Waals surface area contributed by atoms with Crippen molar-refractivity contribution in [2.45, 2.75) is 77.4 Å². The number of aromatic nitrogens is 1. The number of carbonyl (C=O) groups excluding carboxylic acids is 3. The Morgan fingerprint density at radius 1 is 0.981 bits per heavy atom. The summed E-state index contributed by atoms with van der Waals surface area (Å²) in [4.78, 5) is 55.7. The maximum atomic E-state index is 13.6. The van der Waals surface area contributed by atoms with Crippen molar-refractivity contribution in [3.05, 3.63) is 74.7 Å². The summed E-state index contributed by atoms with van der Waals surface area (Å²) < 4.78 is 46.6. The lowest BCUT2D eigenvalue weighted by Gasteiger charge is -2.40. The summed E-state index contributed by atoms with van der Waals surface area (Å²) in [6, 6.07) is 9.87. The highest BCUT2D eigenvalue weighted by Crippen LogP contribution is 2.36. The topological polar surface area (TPSA) is 116 Å². The minimum atomic E-state index is -4.87. The second-order valence-electron chi connectivity index (χ2n) is 14.6. The molecule has 0 spiro atoms. The van der Waals surface area contributed by atoms with Crippen LogP contribution >= 0.6 is 11.6 Å². The summed E-state index contributed by atoms with van der Waals surface area (Å²) in [6.07, 6.45) is 0.178. The lowest BCUT2D eigenvalue weighted by atomic mass is 9.93. The zero-order chi connectivity index (χ0) is 38.9. The Kier molecular flexibility index (Phi) is 11.6. The predicted octanol–water partition coefficient (Wildman–Crippen LogP) is 5.78. The van der Waals surface area contributed by atoms with E-state index in [1.807, 2.05) is 24.1 Å². The van der Waals surface area contributed by atoms with Crippen LogP contribution in [-0.4, -0.2) is 83.8 Å². The molecule has 1 aromatic heterocycles. The van der Waals surface area contributed by atoms with Crippen molar-refractivity contribution in [2.24, 2.45) is 13.0 Å². The van der Waals surface area contributed by atoms with Gasteiger partial charge in [-0.2, -0.15) is 0 Å². The quantitative estimate of drug-likeness (QED) is 0.264. The van der Waals surface area contributed by atoms with Gasteiger partial charge in [-0.1, -0.05) is 23.7 Å². The average Bonchev–Trinajstić information content (AvgIpc) is 3.13. The first-order chi connectivity index (χ1) is 25.6.